The second kappa shape index (κ2) is 5.13. The van der Waals surface area contributed by atoms with E-state index in [1.807, 2.05) is 0 Å². The highest BCUT2D eigenvalue weighted by molar-refractivity contribution is 4.83. The first-order valence-electron chi connectivity index (χ1n) is 6.21. The first-order chi connectivity index (χ1) is 6.90. The van der Waals surface area contributed by atoms with E-state index in [-0.39, 0.29) is 0 Å². The van der Waals surface area contributed by atoms with E-state index >= 15 is 0 Å². The van der Waals surface area contributed by atoms with Crippen molar-refractivity contribution in [3.63, 3.8) is 0 Å². The highest BCUT2D eigenvalue weighted by Crippen LogP contribution is 2.34. The summed E-state index contributed by atoms with van der Waals surface area (Å²) in [6, 6.07) is 0.791. The quantitative estimate of drug-likeness (QED) is 0.749. The van der Waals surface area contributed by atoms with E-state index in [2.05, 4.69) is 12.2 Å². The van der Waals surface area contributed by atoms with Crippen LogP contribution in [0.15, 0.2) is 0 Å². The standard InChI is InChI=1S/C12H23NO/c1-2-13-12-5-3-4-10(8-12)11-6-7-14-9-11/h10-13H,2-9H2,1H3. The number of rotatable bonds is 3. The van der Waals surface area contributed by atoms with Gasteiger partial charge in [-0.05, 0) is 44.1 Å². The summed E-state index contributed by atoms with van der Waals surface area (Å²) in [5.74, 6) is 1.81. The van der Waals surface area contributed by atoms with Gasteiger partial charge in [-0.2, -0.15) is 0 Å². The van der Waals surface area contributed by atoms with Crippen LogP contribution in [0.3, 0.4) is 0 Å². The molecule has 0 bridgehead atoms. The van der Waals surface area contributed by atoms with Crippen LogP contribution in [0.25, 0.3) is 0 Å². The monoisotopic (exact) mass is 197 g/mol. The number of hydrogen-bond acceptors (Lipinski definition) is 2. The van der Waals surface area contributed by atoms with Gasteiger partial charge in [0.25, 0.3) is 0 Å². The van der Waals surface area contributed by atoms with Crippen LogP contribution >= 0.6 is 0 Å². The van der Waals surface area contributed by atoms with Crippen LogP contribution in [0, 0.1) is 11.8 Å². The Hall–Kier alpha value is -0.0800. The summed E-state index contributed by atoms with van der Waals surface area (Å²) in [7, 11) is 0. The summed E-state index contributed by atoms with van der Waals surface area (Å²) in [6.07, 6.45) is 6.94. The molecule has 82 valence electrons. The Balaban J connectivity index is 1.80. The molecule has 1 aliphatic carbocycles. The molecule has 3 atom stereocenters. The lowest BCUT2D eigenvalue weighted by atomic mass is 9.77. The summed E-state index contributed by atoms with van der Waals surface area (Å²) in [5.41, 5.74) is 0. The molecule has 2 heteroatoms. The van der Waals surface area contributed by atoms with Crippen molar-refractivity contribution in [2.75, 3.05) is 19.8 Å². The number of ether oxygens (including phenoxy) is 1. The van der Waals surface area contributed by atoms with Gasteiger partial charge in [-0.15, -0.1) is 0 Å². The predicted octanol–water partition coefficient (Wildman–Crippen LogP) is 2.19. The molecule has 1 heterocycles. The smallest absolute Gasteiger partial charge is 0.0497 e. The average molecular weight is 197 g/mol. The van der Waals surface area contributed by atoms with E-state index < -0.39 is 0 Å². The fourth-order valence-corrected chi connectivity index (χ4v) is 3.05. The summed E-state index contributed by atoms with van der Waals surface area (Å²) >= 11 is 0. The van der Waals surface area contributed by atoms with Gasteiger partial charge in [0.15, 0.2) is 0 Å². The zero-order valence-electron chi connectivity index (χ0n) is 9.30. The van der Waals surface area contributed by atoms with Crippen LogP contribution in [0.1, 0.15) is 39.0 Å². The van der Waals surface area contributed by atoms with Gasteiger partial charge in [-0.1, -0.05) is 13.3 Å². The van der Waals surface area contributed by atoms with Gasteiger partial charge in [0.1, 0.15) is 0 Å². The molecule has 0 radical (unpaired) electrons. The summed E-state index contributed by atoms with van der Waals surface area (Å²) in [6.45, 7) is 5.37. The van der Waals surface area contributed by atoms with Crippen molar-refractivity contribution in [2.24, 2.45) is 11.8 Å². The lowest BCUT2D eigenvalue weighted by molar-refractivity contribution is 0.152. The molecule has 0 aromatic rings. The molecule has 2 aliphatic rings. The van der Waals surface area contributed by atoms with Gasteiger partial charge < -0.3 is 10.1 Å². The molecule has 1 aliphatic heterocycles. The van der Waals surface area contributed by atoms with Crippen LogP contribution in [0.2, 0.25) is 0 Å². The van der Waals surface area contributed by atoms with Crippen LogP contribution in [-0.2, 0) is 4.74 Å². The second-order valence-electron chi connectivity index (χ2n) is 4.80. The molecule has 0 amide bonds. The topological polar surface area (TPSA) is 21.3 Å². The van der Waals surface area contributed by atoms with Crippen LogP contribution < -0.4 is 5.32 Å². The molecule has 1 saturated carbocycles. The minimum absolute atomic E-state index is 0.791. The third-order valence-corrected chi connectivity index (χ3v) is 3.84. The van der Waals surface area contributed by atoms with Gasteiger partial charge >= 0.3 is 0 Å². The van der Waals surface area contributed by atoms with Crippen molar-refractivity contribution in [3.8, 4) is 0 Å². The molecule has 0 aromatic carbocycles. The lowest BCUT2D eigenvalue weighted by Gasteiger charge is -2.32. The second-order valence-corrected chi connectivity index (χ2v) is 4.80. The Morgan fingerprint density at radius 1 is 1.21 bits per heavy atom. The van der Waals surface area contributed by atoms with Gasteiger partial charge in [0.2, 0.25) is 0 Å². The normalized spacial score (nSPS) is 38.8. The third kappa shape index (κ3) is 2.48. The molecule has 1 saturated heterocycles. The van der Waals surface area contributed by atoms with Crippen molar-refractivity contribution in [3.05, 3.63) is 0 Å². The van der Waals surface area contributed by atoms with Crippen molar-refractivity contribution < 1.29 is 4.74 Å². The maximum absolute atomic E-state index is 5.49. The number of hydrogen-bond donors (Lipinski definition) is 1. The molecule has 14 heavy (non-hydrogen) atoms. The molecule has 2 nitrogen and oxygen atoms in total. The maximum atomic E-state index is 5.49. The lowest BCUT2D eigenvalue weighted by Crippen LogP contribution is -2.36. The van der Waals surface area contributed by atoms with Gasteiger partial charge in [-0.25, -0.2) is 0 Å². The summed E-state index contributed by atoms with van der Waals surface area (Å²) < 4.78 is 5.49. The number of nitrogens with one attached hydrogen (secondary N) is 1. The van der Waals surface area contributed by atoms with Gasteiger partial charge in [0, 0.05) is 19.3 Å². The molecular weight excluding hydrogens is 174 g/mol. The minimum atomic E-state index is 0.791. The molecular formula is C12H23NO. The molecule has 1 N–H and O–H groups in total. The maximum Gasteiger partial charge on any atom is 0.0497 e. The highest BCUT2D eigenvalue weighted by atomic mass is 16.5. The largest absolute Gasteiger partial charge is 0.381 e. The van der Waals surface area contributed by atoms with E-state index in [1.165, 1.54) is 32.1 Å². The van der Waals surface area contributed by atoms with Crippen LogP contribution in [0.4, 0.5) is 0 Å². The Morgan fingerprint density at radius 2 is 2.14 bits per heavy atom. The van der Waals surface area contributed by atoms with Gasteiger partial charge in [0.05, 0.1) is 0 Å². The fraction of sp³-hybridized carbons (Fsp3) is 1.00. The molecule has 2 rings (SSSR count). The van der Waals surface area contributed by atoms with E-state index in [9.17, 15) is 0 Å². The Labute approximate surface area is 87.4 Å². The zero-order valence-corrected chi connectivity index (χ0v) is 9.30. The van der Waals surface area contributed by atoms with E-state index in [4.69, 9.17) is 4.74 Å². The molecule has 3 unspecified atom stereocenters. The van der Waals surface area contributed by atoms with E-state index in [0.29, 0.717) is 0 Å². The van der Waals surface area contributed by atoms with Crippen LogP contribution in [0.5, 0.6) is 0 Å². The molecule has 0 aromatic heterocycles. The van der Waals surface area contributed by atoms with Crippen molar-refractivity contribution in [1.82, 2.24) is 5.32 Å². The van der Waals surface area contributed by atoms with E-state index in [1.54, 1.807) is 0 Å². The Kier molecular flexibility index (Phi) is 3.82. The zero-order chi connectivity index (χ0) is 9.80. The SMILES string of the molecule is CCNC1CCCC(C2CCOC2)C1. The summed E-state index contributed by atoms with van der Waals surface area (Å²) in [4.78, 5) is 0. The third-order valence-electron chi connectivity index (χ3n) is 3.84. The highest BCUT2D eigenvalue weighted by Gasteiger charge is 2.30. The predicted molar refractivity (Wildman–Crippen MR) is 58.3 cm³/mol. The Morgan fingerprint density at radius 3 is 2.86 bits per heavy atom. The van der Waals surface area contributed by atoms with Crippen molar-refractivity contribution >= 4 is 0 Å². The summed E-state index contributed by atoms with van der Waals surface area (Å²) in [5, 5.41) is 3.60. The minimum Gasteiger partial charge on any atom is -0.381 e. The first-order valence-corrected chi connectivity index (χ1v) is 6.21. The molecule has 2 fully saturated rings. The van der Waals surface area contributed by atoms with Crippen molar-refractivity contribution in [2.45, 2.75) is 45.1 Å². The van der Waals surface area contributed by atoms with Gasteiger partial charge in [-0.3, -0.25) is 0 Å². The van der Waals surface area contributed by atoms with Crippen molar-refractivity contribution in [1.29, 1.82) is 0 Å². The average Bonchev–Trinajstić information content (AvgIpc) is 2.71. The Bertz CT molecular complexity index is 164. The molecule has 0 spiro atoms. The fourth-order valence-electron chi connectivity index (χ4n) is 3.05. The van der Waals surface area contributed by atoms with Crippen LogP contribution in [-0.4, -0.2) is 25.8 Å². The first kappa shape index (κ1) is 10.4. The van der Waals surface area contributed by atoms with E-state index in [0.717, 1.165) is 37.6 Å².